The van der Waals surface area contributed by atoms with E-state index in [0.717, 1.165) is 45.1 Å². The summed E-state index contributed by atoms with van der Waals surface area (Å²) in [7, 11) is 0. The van der Waals surface area contributed by atoms with Crippen LogP contribution in [-0.4, -0.2) is 32.9 Å². The molecular weight excluding hydrogens is 250 g/mol. The number of fused-ring (bicyclic) bond motifs is 1. The van der Waals surface area contributed by atoms with E-state index in [9.17, 15) is 0 Å². The molecule has 0 aliphatic carbocycles. The molecule has 1 N–H and O–H groups in total. The third kappa shape index (κ3) is 2.84. The topological polar surface area (TPSA) is 30.5 Å². The zero-order chi connectivity index (χ0) is 13.8. The van der Waals surface area contributed by atoms with Gasteiger partial charge in [0.05, 0.1) is 13.2 Å². The van der Waals surface area contributed by atoms with Crippen LogP contribution in [0.1, 0.15) is 37.7 Å². The molecule has 2 aliphatic rings. The molecule has 3 rings (SSSR count). The third-order valence-electron chi connectivity index (χ3n) is 4.63. The molecule has 1 saturated heterocycles. The minimum Gasteiger partial charge on any atom is -0.493 e. The fraction of sp³-hybridized carbons (Fsp3) is 0.647. The van der Waals surface area contributed by atoms with Crippen LogP contribution in [0.25, 0.3) is 0 Å². The molecule has 1 aromatic rings. The molecule has 0 saturated carbocycles. The molecular formula is C17H25NO2. The molecule has 0 bridgehead atoms. The highest BCUT2D eigenvalue weighted by molar-refractivity contribution is 5.39. The predicted molar refractivity (Wildman–Crippen MR) is 80.3 cm³/mol. The van der Waals surface area contributed by atoms with Gasteiger partial charge in [0, 0.05) is 30.0 Å². The second-order valence-corrected chi connectivity index (χ2v) is 6.19. The quantitative estimate of drug-likeness (QED) is 0.896. The van der Waals surface area contributed by atoms with Gasteiger partial charge < -0.3 is 14.8 Å². The molecule has 1 aromatic carbocycles. The van der Waals surface area contributed by atoms with Gasteiger partial charge in [0.1, 0.15) is 5.75 Å². The van der Waals surface area contributed by atoms with E-state index < -0.39 is 0 Å². The van der Waals surface area contributed by atoms with Crippen LogP contribution in [-0.2, 0) is 4.74 Å². The molecule has 1 fully saturated rings. The number of hydrogen-bond acceptors (Lipinski definition) is 3. The van der Waals surface area contributed by atoms with Gasteiger partial charge in [-0.15, -0.1) is 0 Å². The van der Waals surface area contributed by atoms with Crippen LogP contribution in [0, 0.1) is 5.41 Å². The van der Waals surface area contributed by atoms with E-state index in [4.69, 9.17) is 9.47 Å². The standard InChI is InChI=1S/C17H25NO2/c1-2-18-12-17(8-5-9-19-13-17)10-14-11-20-16-7-4-3-6-15(14)16/h3-4,6-7,14,18H,2,5,8-13H2,1H3. The summed E-state index contributed by atoms with van der Waals surface area (Å²) >= 11 is 0. The first-order valence-corrected chi connectivity index (χ1v) is 7.83. The van der Waals surface area contributed by atoms with Crippen molar-refractivity contribution >= 4 is 0 Å². The molecule has 3 nitrogen and oxygen atoms in total. The molecule has 20 heavy (non-hydrogen) atoms. The van der Waals surface area contributed by atoms with Gasteiger partial charge in [-0.2, -0.15) is 0 Å². The van der Waals surface area contributed by atoms with Crippen LogP contribution in [0.2, 0.25) is 0 Å². The van der Waals surface area contributed by atoms with E-state index in [1.807, 2.05) is 0 Å². The highest BCUT2D eigenvalue weighted by Crippen LogP contribution is 2.43. The SMILES string of the molecule is CCNCC1(CC2COc3ccccc32)CCCOC1. The monoisotopic (exact) mass is 275 g/mol. The average Bonchev–Trinajstić information content (AvgIpc) is 2.89. The molecule has 0 radical (unpaired) electrons. The Morgan fingerprint density at radius 3 is 3.05 bits per heavy atom. The Bertz CT molecular complexity index is 440. The minimum absolute atomic E-state index is 0.278. The van der Waals surface area contributed by atoms with Gasteiger partial charge in [-0.1, -0.05) is 25.1 Å². The lowest BCUT2D eigenvalue weighted by Crippen LogP contribution is -2.42. The van der Waals surface area contributed by atoms with Crippen LogP contribution in [0.3, 0.4) is 0 Å². The smallest absolute Gasteiger partial charge is 0.122 e. The van der Waals surface area contributed by atoms with Crippen molar-refractivity contribution in [3.63, 3.8) is 0 Å². The van der Waals surface area contributed by atoms with Gasteiger partial charge in [0.15, 0.2) is 0 Å². The Hall–Kier alpha value is -1.06. The lowest BCUT2D eigenvalue weighted by atomic mass is 9.74. The fourth-order valence-corrected chi connectivity index (χ4v) is 3.59. The Labute approximate surface area is 121 Å². The van der Waals surface area contributed by atoms with Crippen molar-refractivity contribution in [1.82, 2.24) is 5.32 Å². The predicted octanol–water partition coefficient (Wildman–Crippen LogP) is 2.96. The van der Waals surface area contributed by atoms with Crippen molar-refractivity contribution in [2.24, 2.45) is 5.41 Å². The zero-order valence-corrected chi connectivity index (χ0v) is 12.4. The summed E-state index contributed by atoms with van der Waals surface area (Å²) in [4.78, 5) is 0. The lowest BCUT2D eigenvalue weighted by molar-refractivity contribution is -0.0163. The number of hydrogen-bond donors (Lipinski definition) is 1. The Morgan fingerprint density at radius 1 is 1.35 bits per heavy atom. The third-order valence-corrected chi connectivity index (χ3v) is 4.63. The van der Waals surface area contributed by atoms with Gasteiger partial charge in [0.2, 0.25) is 0 Å². The van der Waals surface area contributed by atoms with E-state index >= 15 is 0 Å². The van der Waals surface area contributed by atoms with Crippen molar-refractivity contribution < 1.29 is 9.47 Å². The number of ether oxygens (including phenoxy) is 2. The van der Waals surface area contributed by atoms with Crippen LogP contribution in [0.15, 0.2) is 24.3 Å². The van der Waals surface area contributed by atoms with Gasteiger partial charge >= 0.3 is 0 Å². The summed E-state index contributed by atoms with van der Waals surface area (Å²) in [5.74, 6) is 1.60. The van der Waals surface area contributed by atoms with Crippen molar-refractivity contribution in [2.75, 3.05) is 32.9 Å². The zero-order valence-electron chi connectivity index (χ0n) is 12.4. The van der Waals surface area contributed by atoms with Gasteiger partial charge in [-0.05, 0) is 31.9 Å². The number of para-hydroxylation sites is 1. The Kier molecular flexibility index (Phi) is 4.27. The molecule has 0 amide bonds. The highest BCUT2D eigenvalue weighted by atomic mass is 16.5. The van der Waals surface area contributed by atoms with E-state index in [-0.39, 0.29) is 5.41 Å². The maximum absolute atomic E-state index is 5.84. The van der Waals surface area contributed by atoms with Gasteiger partial charge in [0.25, 0.3) is 0 Å². The summed E-state index contributed by atoms with van der Waals surface area (Å²) in [5.41, 5.74) is 1.66. The number of rotatable bonds is 5. The second-order valence-electron chi connectivity index (χ2n) is 6.19. The Balaban J connectivity index is 1.73. The van der Waals surface area contributed by atoms with Crippen LogP contribution in [0.4, 0.5) is 0 Å². The summed E-state index contributed by atoms with van der Waals surface area (Å²) in [6, 6.07) is 8.48. The van der Waals surface area contributed by atoms with Crippen LogP contribution < -0.4 is 10.1 Å². The van der Waals surface area contributed by atoms with E-state index in [1.54, 1.807) is 0 Å². The second kappa shape index (κ2) is 6.15. The van der Waals surface area contributed by atoms with Crippen LogP contribution in [0.5, 0.6) is 5.75 Å². The first-order valence-electron chi connectivity index (χ1n) is 7.83. The summed E-state index contributed by atoms with van der Waals surface area (Å²) in [6.07, 6.45) is 3.61. The largest absolute Gasteiger partial charge is 0.493 e. The lowest BCUT2D eigenvalue weighted by Gasteiger charge is -2.39. The highest BCUT2D eigenvalue weighted by Gasteiger charge is 2.37. The summed E-state index contributed by atoms with van der Waals surface area (Å²) < 4.78 is 11.6. The van der Waals surface area contributed by atoms with Crippen molar-refractivity contribution in [1.29, 1.82) is 0 Å². The summed E-state index contributed by atoms with van der Waals surface area (Å²) in [5, 5.41) is 3.54. The van der Waals surface area contributed by atoms with Crippen molar-refractivity contribution in [2.45, 2.75) is 32.1 Å². The average molecular weight is 275 g/mol. The van der Waals surface area contributed by atoms with Crippen molar-refractivity contribution in [3.8, 4) is 5.75 Å². The number of nitrogens with one attached hydrogen (secondary N) is 1. The van der Waals surface area contributed by atoms with Crippen LogP contribution >= 0.6 is 0 Å². The maximum Gasteiger partial charge on any atom is 0.122 e. The number of benzene rings is 1. The molecule has 2 heterocycles. The molecule has 3 heteroatoms. The maximum atomic E-state index is 5.84. The van der Waals surface area contributed by atoms with Gasteiger partial charge in [-0.3, -0.25) is 0 Å². The molecule has 110 valence electrons. The normalized spacial score (nSPS) is 28.9. The van der Waals surface area contributed by atoms with Gasteiger partial charge in [-0.25, -0.2) is 0 Å². The molecule has 2 unspecified atom stereocenters. The van der Waals surface area contributed by atoms with E-state index in [0.29, 0.717) is 5.92 Å². The molecule has 0 aromatic heterocycles. The Morgan fingerprint density at radius 2 is 2.25 bits per heavy atom. The fourth-order valence-electron chi connectivity index (χ4n) is 3.59. The van der Waals surface area contributed by atoms with E-state index in [2.05, 4.69) is 36.5 Å². The summed E-state index contributed by atoms with van der Waals surface area (Å²) in [6.45, 7) is 6.89. The molecule has 2 atom stereocenters. The molecule has 0 spiro atoms. The van der Waals surface area contributed by atoms with Crippen molar-refractivity contribution in [3.05, 3.63) is 29.8 Å². The first-order chi connectivity index (χ1) is 9.83. The van der Waals surface area contributed by atoms with E-state index in [1.165, 1.54) is 18.4 Å². The molecule has 2 aliphatic heterocycles. The minimum atomic E-state index is 0.278. The first kappa shape index (κ1) is 13.9.